The second-order valence-electron chi connectivity index (χ2n) is 4.68. The average molecular weight is 247 g/mol. The van der Waals surface area contributed by atoms with Gasteiger partial charge in [-0.2, -0.15) is 0 Å². The highest BCUT2D eigenvalue weighted by Crippen LogP contribution is 2.16. The van der Waals surface area contributed by atoms with Crippen LogP contribution >= 0.6 is 0 Å². The van der Waals surface area contributed by atoms with Crippen molar-refractivity contribution in [1.29, 1.82) is 0 Å². The minimum absolute atomic E-state index is 0.00802. The van der Waals surface area contributed by atoms with Crippen LogP contribution in [0.4, 0.5) is 0 Å². The van der Waals surface area contributed by atoms with Gasteiger partial charge in [-0.3, -0.25) is 9.78 Å². The minimum Gasteiger partial charge on any atom is -0.411 e. The van der Waals surface area contributed by atoms with E-state index in [1.807, 2.05) is 19.9 Å². The summed E-state index contributed by atoms with van der Waals surface area (Å²) in [5.74, 6) is 0.0949. The van der Waals surface area contributed by atoms with Gasteiger partial charge in [-0.05, 0) is 19.1 Å². The molecule has 1 N–H and O–H groups in total. The molecule has 18 heavy (non-hydrogen) atoms. The molecule has 0 radical (unpaired) electrons. The molecule has 0 aliphatic carbocycles. The maximum absolute atomic E-state index is 12.2. The molecule has 1 aromatic rings. The van der Waals surface area contributed by atoms with E-state index in [0.717, 1.165) is 11.4 Å². The number of carbonyl (C=O) groups excluding carboxylic acids is 1. The Hall–Kier alpha value is -1.91. The highest BCUT2D eigenvalue weighted by Gasteiger charge is 2.26. The van der Waals surface area contributed by atoms with E-state index >= 15 is 0 Å². The third kappa shape index (κ3) is 2.50. The third-order valence-electron chi connectivity index (χ3n) is 3.27. The van der Waals surface area contributed by atoms with Crippen LogP contribution in [-0.2, 0) is 0 Å². The summed E-state index contributed by atoms with van der Waals surface area (Å²) >= 11 is 0. The zero-order valence-electron chi connectivity index (χ0n) is 10.6. The Bertz CT molecular complexity index is 468. The monoisotopic (exact) mass is 247 g/mol. The lowest BCUT2D eigenvalue weighted by Crippen LogP contribution is -2.43. The van der Waals surface area contributed by atoms with Gasteiger partial charge in [0.1, 0.15) is 0 Å². The van der Waals surface area contributed by atoms with Crippen molar-refractivity contribution >= 4 is 11.6 Å². The number of amides is 1. The molecular formula is C13H17N3O2. The van der Waals surface area contributed by atoms with Gasteiger partial charge in [0, 0.05) is 37.3 Å². The molecule has 1 aromatic heterocycles. The van der Waals surface area contributed by atoms with E-state index in [1.165, 1.54) is 0 Å². The molecule has 1 aliphatic rings. The van der Waals surface area contributed by atoms with Crippen LogP contribution in [0.3, 0.4) is 0 Å². The normalized spacial score (nSPS) is 22.2. The van der Waals surface area contributed by atoms with Gasteiger partial charge >= 0.3 is 0 Å². The molecule has 2 heterocycles. The van der Waals surface area contributed by atoms with Crippen LogP contribution < -0.4 is 0 Å². The summed E-state index contributed by atoms with van der Waals surface area (Å²) in [6.07, 6.45) is 2.24. The largest absolute Gasteiger partial charge is 0.411 e. The Morgan fingerprint density at radius 3 is 2.89 bits per heavy atom. The lowest BCUT2D eigenvalue weighted by Gasteiger charge is -2.31. The zero-order chi connectivity index (χ0) is 13.1. The predicted octanol–water partition coefficient (Wildman–Crippen LogP) is 1.70. The number of nitrogens with zero attached hydrogens (tertiary/aromatic N) is 3. The SMILES string of the molecule is Cc1ccc(C(=O)N2CC/C(=N\O)C(C)C2)cn1. The number of oxime groups is 1. The number of piperidine rings is 1. The molecule has 2 rings (SSSR count). The molecule has 0 aromatic carbocycles. The molecule has 0 saturated carbocycles. The third-order valence-corrected chi connectivity index (χ3v) is 3.27. The molecule has 5 heteroatoms. The van der Waals surface area contributed by atoms with Crippen LogP contribution in [0, 0.1) is 12.8 Å². The standard InChI is InChI=1S/C13H17N3O2/c1-9-8-16(6-5-12(9)15-18)13(17)11-4-3-10(2)14-7-11/h3-4,7,9,18H,5-6,8H2,1-2H3/b15-12+. The van der Waals surface area contributed by atoms with Crippen molar-refractivity contribution in [3.8, 4) is 0 Å². The van der Waals surface area contributed by atoms with Crippen molar-refractivity contribution in [3.63, 3.8) is 0 Å². The van der Waals surface area contributed by atoms with Gasteiger partial charge in [-0.25, -0.2) is 0 Å². The number of carbonyl (C=O) groups is 1. The summed E-state index contributed by atoms with van der Waals surface area (Å²) in [5, 5.41) is 12.1. The Kier molecular flexibility index (Phi) is 3.60. The number of rotatable bonds is 1. The average Bonchev–Trinajstić information content (AvgIpc) is 2.38. The molecule has 1 amide bonds. The summed E-state index contributed by atoms with van der Waals surface area (Å²) in [7, 11) is 0. The molecule has 0 spiro atoms. The Morgan fingerprint density at radius 1 is 1.56 bits per heavy atom. The van der Waals surface area contributed by atoms with Crippen molar-refractivity contribution in [3.05, 3.63) is 29.6 Å². The van der Waals surface area contributed by atoms with Crippen molar-refractivity contribution in [2.75, 3.05) is 13.1 Å². The number of hydrogen-bond donors (Lipinski definition) is 1. The number of likely N-dealkylation sites (tertiary alicyclic amines) is 1. The van der Waals surface area contributed by atoms with Gasteiger partial charge in [0.25, 0.3) is 5.91 Å². The highest BCUT2D eigenvalue weighted by molar-refractivity contribution is 5.96. The van der Waals surface area contributed by atoms with E-state index in [9.17, 15) is 4.79 Å². The second kappa shape index (κ2) is 5.16. The molecule has 1 atom stereocenters. The van der Waals surface area contributed by atoms with Crippen LogP contribution in [0.1, 0.15) is 29.4 Å². The number of aryl methyl sites for hydroxylation is 1. The maximum Gasteiger partial charge on any atom is 0.255 e. The van der Waals surface area contributed by atoms with E-state index in [4.69, 9.17) is 5.21 Å². The van der Waals surface area contributed by atoms with E-state index < -0.39 is 0 Å². The lowest BCUT2D eigenvalue weighted by molar-refractivity contribution is 0.0733. The predicted molar refractivity (Wildman–Crippen MR) is 67.9 cm³/mol. The molecule has 96 valence electrons. The van der Waals surface area contributed by atoms with E-state index in [1.54, 1.807) is 17.2 Å². The summed E-state index contributed by atoms with van der Waals surface area (Å²) in [5.41, 5.74) is 2.27. The second-order valence-corrected chi connectivity index (χ2v) is 4.68. The fraction of sp³-hybridized carbons (Fsp3) is 0.462. The lowest BCUT2D eigenvalue weighted by atomic mass is 9.97. The van der Waals surface area contributed by atoms with Gasteiger partial charge in [0.05, 0.1) is 11.3 Å². The van der Waals surface area contributed by atoms with Crippen LogP contribution in [0.2, 0.25) is 0 Å². The highest BCUT2D eigenvalue weighted by atomic mass is 16.4. The minimum atomic E-state index is -0.00802. The van der Waals surface area contributed by atoms with Crippen molar-refractivity contribution in [2.24, 2.45) is 11.1 Å². The zero-order valence-corrected chi connectivity index (χ0v) is 10.6. The van der Waals surface area contributed by atoms with Gasteiger partial charge < -0.3 is 10.1 Å². The van der Waals surface area contributed by atoms with Crippen LogP contribution in [0.5, 0.6) is 0 Å². The van der Waals surface area contributed by atoms with E-state index in [2.05, 4.69) is 10.1 Å². The fourth-order valence-corrected chi connectivity index (χ4v) is 2.13. The molecule has 0 bridgehead atoms. The van der Waals surface area contributed by atoms with Gasteiger partial charge in [0.2, 0.25) is 0 Å². The molecule has 1 unspecified atom stereocenters. The van der Waals surface area contributed by atoms with Gasteiger partial charge in [-0.1, -0.05) is 12.1 Å². The van der Waals surface area contributed by atoms with Gasteiger partial charge in [0.15, 0.2) is 0 Å². The number of aromatic nitrogens is 1. The number of pyridine rings is 1. The van der Waals surface area contributed by atoms with Crippen molar-refractivity contribution in [2.45, 2.75) is 20.3 Å². The Morgan fingerprint density at radius 2 is 2.33 bits per heavy atom. The van der Waals surface area contributed by atoms with Crippen LogP contribution in [-0.4, -0.2) is 39.8 Å². The summed E-state index contributed by atoms with van der Waals surface area (Å²) < 4.78 is 0. The fourth-order valence-electron chi connectivity index (χ4n) is 2.13. The van der Waals surface area contributed by atoms with Crippen molar-refractivity contribution in [1.82, 2.24) is 9.88 Å². The molecular weight excluding hydrogens is 230 g/mol. The van der Waals surface area contributed by atoms with Crippen LogP contribution in [0.25, 0.3) is 0 Å². The first-order chi connectivity index (χ1) is 8.61. The molecule has 1 aliphatic heterocycles. The topological polar surface area (TPSA) is 65.8 Å². The van der Waals surface area contributed by atoms with E-state index in [-0.39, 0.29) is 11.8 Å². The first kappa shape index (κ1) is 12.5. The molecule has 1 saturated heterocycles. The maximum atomic E-state index is 12.2. The first-order valence-corrected chi connectivity index (χ1v) is 6.04. The summed E-state index contributed by atoms with van der Waals surface area (Å²) in [6.45, 7) is 5.03. The number of hydrogen-bond acceptors (Lipinski definition) is 4. The Labute approximate surface area is 106 Å². The first-order valence-electron chi connectivity index (χ1n) is 6.04. The molecule has 5 nitrogen and oxygen atoms in total. The van der Waals surface area contributed by atoms with E-state index in [0.29, 0.717) is 25.1 Å². The Balaban J connectivity index is 2.09. The van der Waals surface area contributed by atoms with Crippen molar-refractivity contribution < 1.29 is 10.0 Å². The van der Waals surface area contributed by atoms with Crippen LogP contribution in [0.15, 0.2) is 23.5 Å². The summed E-state index contributed by atoms with van der Waals surface area (Å²) in [4.78, 5) is 18.2. The molecule has 1 fully saturated rings. The summed E-state index contributed by atoms with van der Waals surface area (Å²) in [6, 6.07) is 3.63. The quantitative estimate of drug-likeness (QED) is 0.606. The van der Waals surface area contributed by atoms with Gasteiger partial charge in [-0.15, -0.1) is 0 Å². The smallest absolute Gasteiger partial charge is 0.255 e.